The Morgan fingerprint density at radius 2 is 2.08 bits per heavy atom. The molecule has 0 radical (unpaired) electrons. The van der Waals surface area contributed by atoms with Crippen molar-refractivity contribution < 1.29 is 14.0 Å². The third kappa shape index (κ3) is 3.40. The summed E-state index contributed by atoms with van der Waals surface area (Å²) in [4.78, 5) is 28.4. The van der Waals surface area contributed by atoms with E-state index in [0.29, 0.717) is 13.1 Å². The zero-order valence-corrected chi connectivity index (χ0v) is 15.1. The highest BCUT2D eigenvalue weighted by Gasteiger charge is 2.41. The number of nitrogens with two attached hydrogens (primary N) is 1. The Kier molecular flexibility index (Phi) is 4.58. The second-order valence-electron chi connectivity index (χ2n) is 8.00. The second kappa shape index (κ2) is 6.41. The van der Waals surface area contributed by atoms with Gasteiger partial charge in [-0.2, -0.15) is 0 Å². The quantitative estimate of drug-likeness (QED) is 0.891. The summed E-state index contributed by atoms with van der Waals surface area (Å²) in [5.74, 6) is -1.07. The number of nitrogens with zero attached hydrogens (tertiary/aromatic N) is 2. The number of likely N-dealkylation sites (tertiary alicyclic amines) is 1. The molecule has 136 valence electrons. The van der Waals surface area contributed by atoms with E-state index in [9.17, 15) is 14.0 Å². The lowest BCUT2D eigenvalue weighted by Gasteiger charge is -2.43. The van der Waals surface area contributed by atoms with Crippen molar-refractivity contribution in [2.75, 3.05) is 24.5 Å². The molecule has 2 saturated heterocycles. The lowest BCUT2D eigenvalue weighted by molar-refractivity contribution is -0.139. The molecule has 1 aromatic rings. The highest BCUT2D eigenvalue weighted by atomic mass is 19.1. The van der Waals surface area contributed by atoms with E-state index in [1.807, 2.05) is 4.90 Å². The fourth-order valence-corrected chi connectivity index (χ4v) is 3.76. The van der Waals surface area contributed by atoms with Crippen molar-refractivity contribution in [3.05, 3.63) is 29.6 Å². The lowest BCUT2D eigenvalue weighted by atomic mass is 9.79. The molecule has 0 spiro atoms. The van der Waals surface area contributed by atoms with E-state index >= 15 is 0 Å². The summed E-state index contributed by atoms with van der Waals surface area (Å²) in [6.45, 7) is 7.37. The van der Waals surface area contributed by atoms with Gasteiger partial charge < -0.3 is 15.5 Å². The molecule has 5 nitrogen and oxygen atoms in total. The van der Waals surface area contributed by atoms with Crippen LogP contribution in [0, 0.1) is 24.1 Å². The molecular weight excluding hydrogens is 321 g/mol. The number of hydrogen-bond donors (Lipinski definition) is 1. The van der Waals surface area contributed by atoms with E-state index in [1.54, 1.807) is 19.1 Å². The standard InChI is InChI=1S/C19H26FN3O2/c1-12-4-5-15(14(20)8-12)23-10-13(9-17(23)24)18(25)22-7-6-16(21)19(2,3)11-22/h4-5,8,13,16H,6-7,9-11,21H2,1-3H3. The summed E-state index contributed by atoms with van der Waals surface area (Å²) in [5, 5.41) is 0. The van der Waals surface area contributed by atoms with Crippen LogP contribution in [0.5, 0.6) is 0 Å². The molecule has 6 heteroatoms. The van der Waals surface area contributed by atoms with Crippen LogP contribution >= 0.6 is 0 Å². The number of amides is 2. The highest BCUT2D eigenvalue weighted by molar-refractivity contribution is 6.00. The van der Waals surface area contributed by atoms with Gasteiger partial charge in [0, 0.05) is 32.1 Å². The minimum Gasteiger partial charge on any atom is -0.342 e. The SMILES string of the molecule is Cc1ccc(N2CC(C(=O)N3CCC(N)C(C)(C)C3)CC2=O)c(F)c1. The summed E-state index contributed by atoms with van der Waals surface area (Å²) in [6, 6.07) is 4.86. The van der Waals surface area contributed by atoms with Gasteiger partial charge in [-0.15, -0.1) is 0 Å². The number of anilines is 1. The van der Waals surface area contributed by atoms with Crippen molar-refractivity contribution in [3.63, 3.8) is 0 Å². The van der Waals surface area contributed by atoms with Crippen molar-refractivity contribution in [3.8, 4) is 0 Å². The van der Waals surface area contributed by atoms with Crippen molar-refractivity contribution >= 4 is 17.5 Å². The Bertz CT molecular complexity index is 704. The van der Waals surface area contributed by atoms with Crippen LogP contribution in [-0.2, 0) is 9.59 Å². The Hall–Kier alpha value is -1.95. The monoisotopic (exact) mass is 347 g/mol. The van der Waals surface area contributed by atoms with Crippen LogP contribution in [-0.4, -0.2) is 42.4 Å². The molecule has 2 heterocycles. The maximum atomic E-state index is 14.2. The van der Waals surface area contributed by atoms with Crippen LogP contribution in [0.25, 0.3) is 0 Å². The number of benzene rings is 1. The van der Waals surface area contributed by atoms with Crippen molar-refractivity contribution in [2.24, 2.45) is 17.1 Å². The van der Waals surface area contributed by atoms with Gasteiger partial charge in [-0.1, -0.05) is 19.9 Å². The smallest absolute Gasteiger partial charge is 0.228 e. The van der Waals surface area contributed by atoms with E-state index in [0.717, 1.165) is 12.0 Å². The van der Waals surface area contributed by atoms with E-state index in [1.165, 1.54) is 11.0 Å². The van der Waals surface area contributed by atoms with Gasteiger partial charge in [-0.3, -0.25) is 9.59 Å². The Morgan fingerprint density at radius 3 is 2.72 bits per heavy atom. The third-order valence-corrected chi connectivity index (χ3v) is 5.49. The Balaban J connectivity index is 1.73. The number of piperidine rings is 1. The third-order valence-electron chi connectivity index (χ3n) is 5.49. The molecule has 2 aliphatic rings. The molecule has 2 unspecified atom stereocenters. The van der Waals surface area contributed by atoms with Gasteiger partial charge in [-0.25, -0.2) is 4.39 Å². The van der Waals surface area contributed by atoms with Gasteiger partial charge in [0.1, 0.15) is 5.82 Å². The molecule has 3 rings (SSSR count). The average Bonchev–Trinajstić information content (AvgIpc) is 2.91. The predicted molar refractivity (Wildman–Crippen MR) is 94.6 cm³/mol. The first kappa shape index (κ1) is 17.9. The minimum atomic E-state index is -0.425. The van der Waals surface area contributed by atoms with Gasteiger partial charge in [-0.05, 0) is 36.5 Å². The molecule has 0 bridgehead atoms. The Labute approximate surface area is 148 Å². The van der Waals surface area contributed by atoms with Crippen molar-refractivity contribution in [2.45, 2.75) is 39.7 Å². The zero-order valence-electron chi connectivity index (χ0n) is 15.1. The zero-order chi connectivity index (χ0) is 18.4. The first-order valence-electron chi connectivity index (χ1n) is 8.80. The van der Waals surface area contributed by atoms with Gasteiger partial charge in [0.25, 0.3) is 0 Å². The summed E-state index contributed by atoms with van der Waals surface area (Å²) in [5.41, 5.74) is 7.05. The second-order valence-corrected chi connectivity index (χ2v) is 8.00. The molecule has 2 atom stereocenters. The first-order valence-corrected chi connectivity index (χ1v) is 8.80. The summed E-state index contributed by atoms with van der Waals surface area (Å²) < 4.78 is 14.2. The summed E-state index contributed by atoms with van der Waals surface area (Å²) in [7, 11) is 0. The van der Waals surface area contributed by atoms with Gasteiger partial charge >= 0.3 is 0 Å². The number of rotatable bonds is 2. The molecule has 25 heavy (non-hydrogen) atoms. The average molecular weight is 347 g/mol. The topological polar surface area (TPSA) is 66.6 Å². The Morgan fingerprint density at radius 1 is 1.36 bits per heavy atom. The molecule has 0 aliphatic carbocycles. The molecule has 2 aliphatic heterocycles. The normalized spacial score (nSPS) is 26.2. The lowest BCUT2D eigenvalue weighted by Crippen LogP contribution is -2.55. The van der Waals surface area contributed by atoms with Crippen LogP contribution in [0.15, 0.2) is 18.2 Å². The number of carbonyl (C=O) groups is 2. The van der Waals surface area contributed by atoms with Gasteiger partial charge in [0.15, 0.2) is 0 Å². The maximum Gasteiger partial charge on any atom is 0.228 e. The first-order chi connectivity index (χ1) is 11.7. The number of halogens is 1. The molecule has 2 N–H and O–H groups in total. The van der Waals surface area contributed by atoms with Crippen LogP contribution < -0.4 is 10.6 Å². The van der Waals surface area contributed by atoms with Gasteiger partial charge in [0.2, 0.25) is 11.8 Å². The fraction of sp³-hybridized carbons (Fsp3) is 0.579. The summed E-state index contributed by atoms with van der Waals surface area (Å²) in [6.07, 6.45) is 0.894. The van der Waals surface area contributed by atoms with Crippen molar-refractivity contribution in [1.82, 2.24) is 4.90 Å². The van der Waals surface area contributed by atoms with E-state index in [4.69, 9.17) is 5.73 Å². The molecule has 2 fully saturated rings. The maximum absolute atomic E-state index is 14.2. The molecular formula is C19H26FN3O2. The number of hydrogen-bond acceptors (Lipinski definition) is 3. The largest absolute Gasteiger partial charge is 0.342 e. The number of carbonyl (C=O) groups excluding carboxylic acids is 2. The van der Waals surface area contributed by atoms with E-state index < -0.39 is 11.7 Å². The van der Waals surface area contributed by atoms with E-state index in [-0.39, 0.29) is 41.9 Å². The minimum absolute atomic E-state index is 0.0247. The fourth-order valence-electron chi connectivity index (χ4n) is 3.76. The molecule has 0 saturated carbocycles. The highest BCUT2D eigenvalue weighted by Crippen LogP contribution is 2.32. The van der Waals surface area contributed by atoms with Crippen LogP contribution in [0.3, 0.4) is 0 Å². The van der Waals surface area contributed by atoms with Crippen LogP contribution in [0.4, 0.5) is 10.1 Å². The van der Waals surface area contributed by atoms with Crippen LogP contribution in [0.2, 0.25) is 0 Å². The molecule has 0 aromatic heterocycles. The summed E-state index contributed by atoms with van der Waals surface area (Å²) >= 11 is 0. The van der Waals surface area contributed by atoms with Gasteiger partial charge in [0.05, 0.1) is 11.6 Å². The predicted octanol–water partition coefficient (Wildman–Crippen LogP) is 2.07. The molecule has 1 aromatic carbocycles. The van der Waals surface area contributed by atoms with Crippen molar-refractivity contribution in [1.29, 1.82) is 0 Å². The number of aryl methyl sites for hydroxylation is 1. The van der Waals surface area contributed by atoms with E-state index in [2.05, 4.69) is 13.8 Å². The molecule has 2 amide bonds. The van der Waals surface area contributed by atoms with Crippen LogP contribution in [0.1, 0.15) is 32.3 Å².